The van der Waals surface area contributed by atoms with E-state index >= 15 is 0 Å². The first kappa shape index (κ1) is 16.0. The lowest BCUT2D eigenvalue weighted by Gasteiger charge is -2.33. The van der Waals surface area contributed by atoms with Gasteiger partial charge in [0.25, 0.3) is 0 Å². The average Bonchev–Trinajstić information content (AvgIpc) is 2.37. The van der Waals surface area contributed by atoms with Crippen molar-refractivity contribution < 1.29 is 17.9 Å². The van der Waals surface area contributed by atoms with Gasteiger partial charge in [0.15, 0.2) is 0 Å². The van der Waals surface area contributed by atoms with E-state index in [1.165, 1.54) is 6.07 Å². The maximum atomic E-state index is 12.6. The molecule has 1 rings (SSSR count). The molecule has 0 aromatic heterocycles. The topological polar surface area (TPSA) is 35.2 Å². The molecule has 2 N–H and O–H groups in total. The molecule has 0 fully saturated rings. The van der Waals surface area contributed by atoms with Crippen molar-refractivity contribution in [3.05, 3.63) is 35.4 Å². The van der Waals surface area contributed by atoms with Crippen LogP contribution in [0.15, 0.2) is 24.3 Å². The van der Waals surface area contributed by atoms with Crippen LogP contribution in [0.3, 0.4) is 0 Å². The van der Waals surface area contributed by atoms with Crippen LogP contribution >= 0.6 is 0 Å². The van der Waals surface area contributed by atoms with E-state index in [-0.39, 0.29) is 6.04 Å². The number of halogens is 3. The number of alkyl halides is 3. The minimum Gasteiger partial charge on any atom is -0.377 e. The predicted molar refractivity (Wildman–Crippen MR) is 68.8 cm³/mol. The lowest BCUT2D eigenvalue weighted by atomic mass is 9.88. The highest BCUT2D eigenvalue weighted by molar-refractivity contribution is 5.26. The zero-order valence-electron chi connectivity index (χ0n) is 11.4. The van der Waals surface area contributed by atoms with Gasteiger partial charge >= 0.3 is 6.18 Å². The van der Waals surface area contributed by atoms with Crippen LogP contribution in [0, 0.1) is 0 Å². The maximum Gasteiger partial charge on any atom is 0.416 e. The third-order valence-corrected chi connectivity index (χ3v) is 3.66. The van der Waals surface area contributed by atoms with E-state index < -0.39 is 17.3 Å². The summed E-state index contributed by atoms with van der Waals surface area (Å²) in [7, 11) is 1.56. The average molecular weight is 275 g/mol. The Morgan fingerprint density at radius 3 is 2.42 bits per heavy atom. The summed E-state index contributed by atoms with van der Waals surface area (Å²) >= 11 is 0. The molecule has 1 aromatic rings. The first-order chi connectivity index (χ1) is 8.73. The van der Waals surface area contributed by atoms with Crippen LogP contribution in [-0.4, -0.2) is 18.8 Å². The molecular weight excluding hydrogens is 255 g/mol. The van der Waals surface area contributed by atoms with E-state index in [9.17, 15) is 13.2 Å². The zero-order valence-corrected chi connectivity index (χ0v) is 11.4. The molecule has 0 bridgehead atoms. The Hall–Kier alpha value is -1.07. The fraction of sp³-hybridized carbons (Fsp3) is 0.571. The molecule has 108 valence electrons. The second-order valence-electron chi connectivity index (χ2n) is 4.88. The largest absolute Gasteiger partial charge is 0.416 e. The molecule has 0 heterocycles. The van der Waals surface area contributed by atoms with E-state index in [0.717, 1.165) is 12.1 Å². The van der Waals surface area contributed by atoms with Gasteiger partial charge in [0.2, 0.25) is 0 Å². The third kappa shape index (κ3) is 3.94. The van der Waals surface area contributed by atoms with Gasteiger partial charge in [-0.1, -0.05) is 25.1 Å². The minimum absolute atomic E-state index is 0.349. The molecule has 0 aliphatic heterocycles. The van der Waals surface area contributed by atoms with Gasteiger partial charge in [-0.2, -0.15) is 13.2 Å². The Morgan fingerprint density at radius 1 is 1.32 bits per heavy atom. The summed E-state index contributed by atoms with van der Waals surface area (Å²) in [6, 6.07) is 4.91. The number of benzene rings is 1. The molecule has 0 saturated heterocycles. The molecule has 0 saturated carbocycles. The van der Waals surface area contributed by atoms with Crippen molar-refractivity contribution in [1.82, 2.24) is 0 Å². The van der Waals surface area contributed by atoms with Gasteiger partial charge in [-0.3, -0.25) is 0 Å². The Morgan fingerprint density at radius 2 is 1.95 bits per heavy atom. The fourth-order valence-electron chi connectivity index (χ4n) is 1.90. The van der Waals surface area contributed by atoms with Crippen LogP contribution < -0.4 is 5.73 Å². The molecule has 0 aliphatic carbocycles. The molecule has 1 aromatic carbocycles. The quantitative estimate of drug-likeness (QED) is 0.894. The molecule has 0 radical (unpaired) electrons. The summed E-state index contributed by atoms with van der Waals surface area (Å²) in [4.78, 5) is 0. The predicted octanol–water partition coefficient (Wildman–Crippen LogP) is 3.39. The summed E-state index contributed by atoms with van der Waals surface area (Å²) in [5, 5.41) is 0. The second-order valence-corrected chi connectivity index (χ2v) is 4.88. The van der Waals surface area contributed by atoms with Crippen molar-refractivity contribution >= 4 is 0 Å². The molecule has 0 aliphatic rings. The highest BCUT2D eigenvalue weighted by atomic mass is 19.4. The van der Waals surface area contributed by atoms with Crippen LogP contribution in [-0.2, 0) is 17.3 Å². The van der Waals surface area contributed by atoms with Crippen molar-refractivity contribution in [1.29, 1.82) is 0 Å². The van der Waals surface area contributed by atoms with E-state index in [1.54, 1.807) is 13.2 Å². The molecule has 5 heteroatoms. The number of rotatable bonds is 5. The zero-order chi connectivity index (χ0) is 14.7. The fourth-order valence-corrected chi connectivity index (χ4v) is 1.90. The smallest absolute Gasteiger partial charge is 0.377 e. The Bertz CT molecular complexity index is 413. The first-order valence-corrected chi connectivity index (χ1v) is 6.20. The van der Waals surface area contributed by atoms with Crippen LogP contribution in [0.2, 0.25) is 0 Å². The Balaban J connectivity index is 2.89. The summed E-state index contributed by atoms with van der Waals surface area (Å²) in [6.45, 7) is 3.81. The molecular formula is C14H20F3NO. The molecule has 0 spiro atoms. The SMILES string of the molecule is CCC(C)(OC)C(N)Cc1cccc(C(F)(F)F)c1. The van der Waals surface area contributed by atoms with Crippen LogP contribution in [0.25, 0.3) is 0 Å². The van der Waals surface area contributed by atoms with E-state index in [1.807, 2.05) is 13.8 Å². The van der Waals surface area contributed by atoms with Gasteiger partial charge in [-0.05, 0) is 31.4 Å². The highest BCUT2D eigenvalue weighted by Gasteiger charge is 2.32. The standard InChI is InChI=1S/C14H20F3NO/c1-4-13(2,19-3)12(18)9-10-6-5-7-11(8-10)14(15,16)17/h5-8,12H,4,9,18H2,1-3H3. The van der Waals surface area contributed by atoms with Crippen molar-refractivity contribution in [2.45, 2.75) is 44.5 Å². The van der Waals surface area contributed by atoms with Crippen molar-refractivity contribution in [2.24, 2.45) is 5.73 Å². The van der Waals surface area contributed by atoms with Gasteiger partial charge in [-0.25, -0.2) is 0 Å². The van der Waals surface area contributed by atoms with Gasteiger partial charge in [0.1, 0.15) is 0 Å². The minimum atomic E-state index is -4.32. The van der Waals surface area contributed by atoms with Gasteiger partial charge in [0, 0.05) is 13.2 Å². The van der Waals surface area contributed by atoms with E-state index in [2.05, 4.69) is 0 Å². The van der Waals surface area contributed by atoms with Crippen LogP contribution in [0.5, 0.6) is 0 Å². The van der Waals surface area contributed by atoms with Crippen molar-refractivity contribution in [2.75, 3.05) is 7.11 Å². The number of nitrogens with two attached hydrogens (primary N) is 1. The Labute approximate surface area is 111 Å². The van der Waals surface area contributed by atoms with Crippen molar-refractivity contribution in [3.8, 4) is 0 Å². The normalized spacial score (nSPS) is 17.0. The van der Waals surface area contributed by atoms with Crippen LogP contribution in [0.1, 0.15) is 31.4 Å². The molecule has 2 unspecified atom stereocenters. The lowest BCUT2D eigenvalue weighted by Crippen LogP contribution is -2.48. The van der Waals surface area contributed by atoms with Gasteiger partial charge in [0.05, 0.1) is 11.2 Å². The highest BCUT2D eigenvalue weighted by Crippen LogP contribution is 2.30. The monoisotopic (exact) mass is 275 g/mol. The lowest BCUT2D eigenvalue weighted by molar-refractivity contribution is -0.137. The van der Waals surface area contributed by atoms with Crippen LogP contribution in [0.4, 0.5) is 13.2 Å². The molecule has 19 heavy (non-hydrogen) atoms. The Kier molecular flexibility index (Phi) is 4.98. The first-order valence-electron chi connectivity index (χ1n) is 6.20. The summed E-state index contributed by atoms with van der Waals surface area (Å²) in [5.74, 6) is 0. The summed E-state index contributed by atoms with van der Waals surface area (Å²) < 4.78 is 43.2. The van der Waals surface area contributed by atoms with Gasteiger partial charge in [-0.15, -0.1) is 0 Å². The van der Waals surface area contributed by atoms with Crippen molar-refractivity contribution in [3.63, 3.8) is 0 Å². The number of methoxy groups -OCH3 is 1. The molecule has 2 atom stereocenters. The number of hydrogen-bond donors (Lipinski definition) is 1. The summed E-state index contributed by atoms with van der Waals surface area (Å²) in [6.07, 6.45) is -3.28. The maximum absolute atomic E-state index is 12.6. The van der Waals surface area contributed by atoms with E-state index in [0.29, 0.717) is 18.4 Å². The third-order valence-electron chi connectivity index (χ3n) is 3.66. The van der Waals surface area contributed by atoms with E-state index in [4.69, 9.17) is 10.5 Å². The molecule has 2 nitrogen and oxygen atoms in total. The number of ether oxygens (including phenoxy) is 1. The summed E-state index contributed by atoms with van der Waals surface area (Å²) in [5.41, 5.74) is 5.45. The second kappa shape index (κ2) is 5.92. The number of hydrogen-bond acceptors (Lipinski definition) is 2. The van der Waals surface area contributed by atoms with Gasteiger partial charge < -0.3 is 10.5 Å². The molecule has 0 amide bonds.